The molecule has 0 amide bonds. The van der Waals surface area contributed by atoms with E-state index in [1.54, 1.807) is 11.7 Å². The van der Waals surface area contributed by atoms with Crippen molar-refractivity contribution in [3.63, 3.8) is 0 Å². The van der Waals surface area contributed by atoms with Crippen LogP contribution in [0, 0.1) is 0 Å². The number of aromatic nitrogens is 1. The summed E-state index contributed by atoms with van der Waals surface area (Å²) in [5, 5.41) is 0. The summed E-state index contributed by atoms with van der Waals surface area (Å²) in [6, 6.07) is 5.83. The van der Waals surface area contributed by atoms with Gasteiger partial charge in [-0.3, -0.25) is 9.36 Å². The molecule has 96 valence electrons. The number of thiazole rings is 1. The van der Waals surface area contributed by atoms with Gasteiger partial charge in [0, 0.05) is 13.0 Å². The topological polar surface area (TPSA) is 57.2 Å². The van der Waals surface area contributed by atoms with E-state index in [9.17, 15) is 4.79 Å². The summed E-state index contributed by atoms with van der Waals surface area (Å²) in [4.78, 5) is 12.2. The highest BCUT2D eigenvalue weighted by atomic mass is 32.1. The number of fused-ring (bicyclic) bond motifs is 1. The summed E-state index contributed by atoms with van der Waals surface area (Å²) in [5.41, 5.74) is 7.55. The van der Waals surface area contributed by atoms with Gasteiger partial charge in [0.2, 0.25) is 0 Å². The van der Waals surface area contributed by atoms with Crippen LogP contribution in [0.4, 0.5) is 0 Å². The molecule has 0 spiro atoms. The molecule has 0 fully saturated rings. The van der Waals surface area contributed by atoms with Crippen molar-refractivity contribution >= 4 is 38.8 Å². The lowest BCUT2D eigenvalue weighted by atomic mass is 10.0. The van der Waals surface area contributed by atoms with E-state index < -0.39 is 0 Å². The highest BCUT2D eigenvalue weighted by Crippen LogP contribution is 2.24. The molecule has 2 rings (SSSR count). The second-order valence-corrected chi connectivity index (χ2v) is 5.53. The van der Waals surface area contributed by atoms with Crippen LogP contribution in [0.15, 0.2) is 23.0 Å². The normalized spacial score (nSPS) is 12.8. The zero-order valence-corrected chi connectivity index (χ0v) is 11.8. The Kier molecular flexibility index (Phi) is 3.79. The minimum Gasteiger partial charge on any atom is -0.393 e. The molecule has 1 heterocycles. The van der Waals surface area contributed by atoms with Crippen molar-refractivity contribution in [2.24, 2.45) is 5.73 Å². The van der Waals surface area contributed by atoms with Crippen LogP contribution in [0.1, 0.15) is 18.4 Å². The Labute approximate surface area is 114 Å². The van der Waals surface area contributed by atoms with E-state index in [1.165, 1.54) is 11.3 Å². The molecule has 1 atom stereocenters. The summed E-state index contributed by atoms with van der Waals surface area (Å²) >= 11 is 6.20. The smallest absolute Gasteiger partial charge is 0.310 e. The van der Waals surface area contributed by atoms with Crippen molar-refractivity contribution < 1.29 is 4.74 Å². The summed E-state index contributed by atoms with van der Waals surface area (Å²) in [7, 11) is 1.57. The highest BCUT2D eigenvalue weighted by Gasteiger charge is 2.12. The van der Waals surface area contributed by atoms with E-state index in [2.05, 4.69) is 0 Å². The van der Waals surface area contributed by atoms with Gasteiger partial charge in [0.25, 0.3) is 0 Å². The summed E-state index contributed by atoms with van der Waals surface area (Å²) in [5.74, 6) is 0.0116. The largest absolute Gasteiger partial charge is 0.393 e. The number of nitrogens with two attached hydrogens (primary N) is 1. The third-order valence-electron chi connectivity index (χ3n) is 2.88. The van der Waals surface area contributed by atoms with Gasteiger partial charge in [0.05, 0.1) is 15.2 Å². The molecule has 0 saturated carbocycles. The van der Waals surface area contributed by atoms with Crippen LogP contribution in [-0.4, -0.2) is 16.7 Å². The number of nitrogens with zero attached hydrogens (tertiary/aromatic N) is 1. The minimum atomic E-state index is -0.0213. The number of rotatable bonds is 4. The predicted octanol–water partition coefficient (Wildman–Crippen LogP) is 2.06. The van der Waals surface area contributed by atoms with Gasteiger partial charge in [-0.05, 0) is 17.7 Å². The lowest BCUT2D eigenvalue weighted by molar-refractivity contribution is 0.133. The fraction of sp³-hybridized carbons (Fsp3) is 0.333. The molecule has 1 unspecified atom stereocenters. The zero-order valence-electron chi connectivity index (χ0n) is 10.2. The average molecular weight is 282 g/mol. The first-order valence-corrected chi connectivity index (χ1v) is 6.68. The van der Waals surface area contributed by atoms with Crippen LogP contribution >= 0.6 is 23.6 Å². The molecule has 4 nitrogen and oxygen atoms in total. The van der Waals surface area contributed by atoms with Gasteiger partial charge in [-0.2, -0.15) is 0 Å². The Balaban J connectivity index is 2.54. The van der Waals surface area contributed by atoms with Gasteiger partial charge in [-0.15, -0.1) is 0 Å². The van der Waals surface area contributed by atoms with Crippen LogP contribution < -0.4 is 10.6 Å². The van der Waals surface area contributed by atoms with Crippen molar-refractivity contribution in [1.29, 1.82) is 0 Å². The molecular formula is C12H14N2O2S2. The van der Waals surface area contributed by atoms with Crippen molar-refractivity contribution in [2.45, 2.75) is 19.6 Å². The molecule has 0 aliphatic carbocycles. The quantitative estimate of drug-likeness (QED) is 0.872. The molecule has 2 aromatic rings. The standard InChI is InChI=1S/C12H14N2O2S2/c1-7(11(13)17)8-3-4-9-10(5-8)18-12(15)14(9)6-16-2/h3-5,7H,6H2,1-2H3,(H2,13,17). The Morgan fingerprint density at radius 1 is 1.61 bits per heavy atom. The van der Waals surface area contributed by atoms with Gasteiger partial charge in [0.15, 0.2) is 0 Å². The maximum atomic E-state index is 11.8. The number of methoxy groups -OCH3 is 1. The van der Waals surface area contributed by atoms with Crippen LogP contribution in [0.2, 0.25) is 0 Å². The summed E-state index contributed by atoms with van der Waals surface area (Å²) < 4.78 is 7.55. The molecule has 6 heteroatoms. The SMILES string of the molecule is COCn1c(=O)sc2cc(C(C)C(N)=S)ccc21. The van der Waals surface area contributed by atoms with E-state index >= 15 is 0 Å². The maximum Gasteiger partial charge on any atom is 0.310 e. The number of benzene rings is 1. The summed E-state index contributed by atoms with van der Waals surface area (Å²) in [6.07, 6.45) is 0. The van der Waals surface area contributed by atoms with E-state index in [-0.39, 0.29) is 17.5 Å². The van der Waals surface area contributed by atoms with Gasteiger partial charge >= 0.3 is 4.87 Å². The van der Waals surface area contributed by atoms with Gasteiger partial charge in [-0.25, -0.2) is 0 Å². The first kappa shape index (κ1) is 13.2. The Bertz CT molecular complexity index is 645. The number of ether oxygens (including phenoxy) is 1. The molecule has 0 saturated heterocycles. The van der Waals surface area contributed by atoms with Crippen LogP contribution in [-0.2, 0) is 11.5 Å². The van der Waals surface area contributed by atoms with Crippen molar-refractivity contribution in [2.75, 3.05) is 7.11 Å². The molecule has 1 aromatic carbocycles. The van der Waals surface area contributed by atoms with E-state index in [0.717, 1.165) is 15.8 Å². The lowest BCUT2D eigenvalue weighted by Gasteiger charge is -2.10. The molecule has 2 N–H and O–H groups in total. The second kappa shape index (κ2) is 5.17. The Morgan fingerprint density at radius 3 is 2.94 bits per heavy atom. The monoisotopic (exact) mass is 282 g/mol. The lowest BCUT2D eigenvalue weighted by Crippen LogP contribution is -2.16. The van der Waals surface area contributed by atoms with Crippen molar-refractivity contribution in [1.82, 2.24) is 4.57 Å². The third kappa shape index (κ3) is 2.31. The average Bonchev–Trinajstić information content (AvgIpc) is 2.64. The van der Waals surface area contributed by atoms with Crippen LogP contribution in [0.5, 0.6) is 0 Å². The fourth-order valence-corrected chi connectivity index (χ4v) is 2.83. The fourth-order valence-electron chi connectivity index (χ4n) is 1.77. The Morgan fingerprint density at radius 2 is 2.33 bits per heavy atom. The number of thiocarbonyl (C=S) groups is 1. The third-order valence-corrected chi connectivity index (χ3v) is 4.17. The molecule has 0 aliphatic heterocycles. The predicted molar refractivity (Wildman–Crippen MR) is 78.3 cm³/mol. The maximum absolute atomic E-state index is 11.8. The first-order chi connectivity index (χ1) is 8.54. The van der Waals surface area contributed by atoms with Gasteiger partial charge < -0.3 is 10.5 Å². The number of hydrogen-bond acceptors (Lipinski definition) is 4. The molecule has 0 bridgehead atoms. The van der Waals surface area contributed by atoms with E-state index in [4.69, 9.17) is 22.7 Å². The van der Waals surface area contributed by atoms with Gasteiger partial charge in [-0.1, -0.05) is 36.5 Å². The first-order valence-electron chi connectivity index (χ1n) is 5.46. The molecule has 18 heavy (non-hydrogen) atoms. The van der Waals surface area contributed by atoms with E-state index in [0.29, 0.717) is 4.99 Å². The van der Waals surface area contributed by atoms with Crippen LogP contribution in [0.25, 0.3) is 10.2 Å². The van der Waals surface area contributed by atoms with Crippen molar-refractivity contribution in [3.05, 3.63) is 33.4 Å². The zero-order chi connectivity index (χ0) is 13.3. The molecular weight excluding hydrogens is 268 g/mol. The highest BCUT2D eigenvalue weighted by molar-refractivity contribution is 7.80. The second-order valence-electron chi connectivity index (χ2n) is 4.06. The van der Waals surface area contributed by atoms with Crippen molar-refractivity contribution in [3.8, 4) is 0 Å². The molecule has 0 radical (unpaired) electrons. The van der Waals surface area contributed by atoms with Gasteiger partial charge in [0.1, 0.15) is 6.73 Å². The molecule has 0 aliphatic rings. The summed E-state index contributed by atoms with van der Waals surface area (Å²) in [6.45, 7) is 2.22. The van der Waals surface area contributed by atoms with E-state index in [1.807, 2.05) is 25.1 Å². The Hall–Kier alpha value is -1.24. The van der Waals surface area contributed by atoms with Crippen LogP contribution in [0.3, 0.4) is 0 Å². The molecule has 1 aromatic heterocycles. The minimum absolute atomic E-state index is 0.0116. The number of hydrogen-bond donors (Lipinski definition) is 1.